The molecule has 0 N–H and O–H groups in total. The van der Waals surface area contributed by atoms with Crippen LogP contribution in [0.1, 0.15) is 64.7 Å². The second-order valence-corrected chi connectivity index (χ2v) is 5.90. The molecule has 2 rings (SSSR count). The maximum Gasteiger partial charge on any atom is 0.181 e. The summed E-state index contributed by atoms with van der Waals surface area (Å²) >= 11 is 0. The van der Waals surface area contributed by atoms with Crippen molar-refractivity contribution in [3.63, 3.8) is 0 Å². The van der Waals surface area contributed by atoms with E-state index in [1.165, 1.54) is 51.4 Å². The number of carbonyl (C=O) groups is 1. The first-order valence-electron chi connectivity index (χ1n) is 7.73. The average molecular weight is 246 g/mol. The number of ketones is 1. The molecule has 0 amide bonds. The van der Waals surface area contributed by atoms with Gasteiger partial charge in [0.2, 0.25) is 0 Å². The highest BCUT2D eigenvalue weighted by Gasteiger charge is 2.21. The third kappa shape index (κ3) is 5.20. The minimum absolute atomic E-state index is 0.283. The van der Waals surface area contributed by atoms with Gasteiger partial charge in [0.15, 0.2) is 5.78 Å². The molecule has 2 aliphatic rings. The van der Waals surface area contributed by atoms with Crippen LogP contribution in [-0.4, -0.2) is 5.78 Å². The molecule has 0 aliphatic heterocycles. The van der Waals surface area contributed by atoms with Crippen LogP contribution in [0.2, 0.25) is 0 Å². The van der Waals surface area contributed by atoms with Gasteiger partial charge in [-0.2, -0.15) is 0 Å². The van der Waals surface area contributed by atoms with E-state index >= 15 is 0 Å². The maximum atomic E-state index is 12.1. The third-order valence-electron chi connectivity index (χ3n) is 3.82. The Bertz CT molecular complexity index is 330. The fraction of sp³-hybridized carbons (Fsp3) is 0.706. The maximum absolute atomic E-state index is 12.1. The molecule has 100 valence electrons. The lowest BCUT2D eigenvalue weighted by Gasteiger charge is -2.04. The number of unbranched alkanes of at least 4 members (excludes halogenated alkanes) is 3. The van der Waals surface area contributed by atoms with Gasteiger partial charge >= 0.3 is 0 Å². The van der Waals surface area contributed by atoms with Crippen LogP contribution in [0.15, 0.2) is 23.8 Å². The van der Waals surface area contributed by atoms with Gasteiger partial charge in [0.25, 0.3) is 0 Å². The highest BCUT2D eigenvalue weighted by molar-refractivity contribution is 6.03. The van der Waals surface area contributed by atoms with Crippen LogP contribution < -0.4 is 0 Å². The minimum Gasteiger partial charge on any atom is -0.290 e. The number of rotatable bonds is 9. The number of hydrogen-bond donors (Lipinski definition) is 0. The van der Waals surface area contributed by atoms with Gasteiger partial charge in [-0.15, -0.1) is 0 Å². The molecule has 0 aromatic heterocycles. The van der Waals surface area contributed by atoms with Crippen LogP contribution in [0.5, 0.6) is 0 Å². The van der Waals surface area contributed by atoms with Crippen LogP contribution in [0.25, 0.3) is 0 Å². The normalized spacial score (nSPS) is 20.6. The molecule has 0 heterocycles. The fourth-order valence-electron chi connectivity index (χ4n) is 2.20. The van der Waals surface area contributed by atoms with Crippen molar-refractivity contribution in [2.75, 3.05) is 0 Å². The van der Waals surface area contributed by atoms with Crippen molar-refractivity contribution >= 4 is 5.78 Å². The number of hydrogen-bond acceptors (Lipinski definition) is 1. The van der Waals surface area contributed by atoms with Gasteiger partial charge in [-0.1, -0.05) is 38.3 Å². The molecule has 0 aromatic rings. The Balaban J connectivity index is 1.81. The Morgan fingerprint density at radius 3 is 2.39 bits per heavy atom. The first-order chi connectivity index (χ1) is 8.79. The summed E-state index contributed by atoms with van der Waals surface area (Å²) in [6.45, 7) is 2.23. The van der Waals surface area contributed by atoms with Crippen molar-refractivity contribution in [2.45, 2.75) is 64.7 Å². The molecular weight excluding hydrogens is 220 g/mol. The van der Waals surface area contributed by atoms with E-state index in [9.17, 15) is 4.79 Å². The predicted molar refractivity (Wildman–Crippen MR) is 76.4 cm³/mol. The zero-order valence-corrected chi connectivity index (χ0v) is 11.7. The zero-order chi connectivity index (χ0) is 12.8. The van der Waals surface area contributed by atoms with E-state index < -0.39 is 0 Å². The van der Waals surface area contributed by atoms with Crippen LogP contribution >= 0.6 is 0 Å². The van der Waals surface area contributed by atoms with E-state index in [4.69, 9.17) is 0 Å². The standard InChI is InChI=1S/C17H26O/c1-2-3-4-5-6-16(13-15-9-10-15)17(18)12-11-14-7-8-14/h11-15H,2-10H2,1H3/b12-11+,16-13?. The summed E-state index contributed by atoms with van der Waals surface area (Å²) < 4.78 is 0. The van der Waals surface area contributed by atoms with Crippen molar-refractivity contribution in [1.29, 1.82) is 0 Å². The van der Waals surface area contributed by atoms with Gasteiger partial charge in [-0.3, -0.25) is 4.79 Å². The Labute approximate surface area is 111 Å². The molecule has 0 radical (unpaired) electrons. The summed E-state index contributed by atoms with van der Waals surface area (Å²) in [7, 11) is 0. The average Bonchev–Trinajstić information content (AvgIpc) is 3.24. The lowest BCUT2D eigenvalue weighted by molar-refractivity contribution is -0.111. The summed E-state index contributed by atoms with van der Waals surface area (Å²) in [5.41, 5.74) is 1.09. The van der Waals surface area contributed by atoms with E-state index in [2.05, 4.69) is 19.1 Å². The number of carbonyl (C=O) groups excluding carboxylic acids is 1. The molecule has 0 unspecified atom stereocenters. The molecule has 18 heavy (non-hydrogen) atoms. The quantitative estimate of drug-likeness (QED) is 0.421. The lowest BCUT2D eigenvalue weighted by Crippen LogP contribution is -2.00. The molecule has 0 atom stereocenters. The molecule has 2 fully saturated rings. The Hall–Kier alpha value is -0.850. The molecular formula is C17H26O. The summed E-state index contributed by atoms with van der Waals surface area (Å²) in [5.74, 6) is 1.70. The highest BCUT2D eigenvalue weighted by atomic mass is 16.1. The second kappa shape index (κ2) is 6.92. The summed E-state index contributed by atoms with van der Waals surface area (Å²) in [6.07, 6.45) is 17.3. The molecule has 0 saturated heterocycles. The topological polar surface area (TPSA) is 17.1 Å². The molecule has 2 aliphatic carbocycles. The van der Waals surface area contributed by atoms with E-state index in [1.54, 1.807) is 0 Å². The van der Waals surface area contributed by atoms with Crippen LogP contribution in [0.4, 0.5) is 0 Å². The van der Waals surface area contributed by atoms with Gasteiger partial charge in [-0.25, -0.2) is 0 Å². The molecule has 1 heteroatoms. The summed E-state index contributed by atoms with van der Waals surface area (Å²) in [6, 6.07) is 0. The zero-order valence-electron chi connectivity index (χ0n) is 11.7. The van der Waals surface area contributed by atoms with Crippen molar-refractivity contribution in [2.24, 2.45) is 11.8 Å². The minimum atomic E-state index is 0.283. The van der Waals surface area contributed by atoms with Gasteiger partial charge < -0.3 is 0 Å². The fourth-order valence-corrected chi connectivity index (χ4v) is 2.20. The lowest BCUT2D eigenvalue weighted by atomic mass is 10.0. The van der Waals surface area contributed by atoms with E-state index in [0.29, 0.717) is 11.8 Å². The molecule has 1 nitrogen and oxygen atoms in total. The summed E-state index contributed by atoms with van der Waals surface area (Å²) in [4.78, 5) is 12.1. The smallest absolute Gasteiger partial charge is 0.181 e. The van der Waals surface area contributed by atoms with Gasteiger partial charge in [0.1, 0.15) is 0 Å². The van der Waals surface area contributed by atoms with E-state index in [-0.39, 0.29) is 5.78 Å². The van der Waals surface area contributed by atoms with Crippen molar-refractivity contribution in [3.05, 3.63) is 23.8 Å². The first kappa shape index (κ1) is 13.6. The summed E-state index contributed by atoms with van der Waals surface area (Å²) in [5, 5.41) is 0. The third-order valence-corrected chi connectivity index (χ3v) is 3.82. The van der Waals surface area contributed by atoms with Crippen LogP contribution in [-0.2, 0) is 4.79 Å². The Kier molecular flexibility index (Phi) is 5.22. The van der Waals surface area contributed by atoms with Crippen molar-refractivity contribution in [3.8, 4) is 0 Å². The molecule has 0 bridgehead atoms. The second-order valence-electron chi connectivity index (χ2n) is 5.90. The molecule has 0 aromatic carbocycles. The van der Waals surface area contributed by atoms with Gasteiger partial charge in [-0.05, 0) is 62.0 Å². The largest absolute Gasteiger partial charge is 0.290 e. The SMILES string of the molecule is CCCCCCC(=CC1CC1)C(=O)/C=C/C1CC1. The molecule has 2 saturated carbocycles. The van der Waals surface area contributed by atoms with Crippen LogP contribution in [0.3, 0.4) is 0 Å². The molecule has 0 spiro atoms. The monoisotopic (exact) mass is 246 g/mol. The first-order valence-corrected chi connectivity index (χ1v) is 7.73. The van der Waals surface area contributed by atoms with Crippen LogP contribution in [0, 0.1) is 11.8 Å². The highest BCUT2D eigenvalue weighted by Crippen LogP contribution is 2.33. The van der Waals surface area contributed by atoms with Crippen molar-refractivity contribution < 1.29 is 4.79 Å². The predicted octanol–water partition coefficient (Wildman–Crippen LogP) is 4.83. The number of allylic oxidation sites excluding steroid dienone is 4. The Morgan fingerprint density at radius 1 is 1.06 bits per heavy atom. The van der Waals surface area contributed by atoms with E-state index in [0.717, 1.165) is 12.0 Å². The Morgan fingerprint density at radius 2 is 1.78 bits per heavy atom. The van der Waals surface area contributed by atoms with E-state index in [1.807, 2.05) is 6.08 Å². The van der Waals surface area contributed by atoms with Crippen molar-refractivity contribution in [1.82, 2.24) is 0 Å². The van der Waals surface area contributed by atoms with Gasteiger partial charge in [0, 0.05) is 0 Å². The van der Waals surface area contributed by atoms with Gasteiger partial charge in [0.05, 0.1) is 0 Å².